The van der Waals surface area contributed by atoms with Crippen molar-refractivity contribution in [1.29, 1.82) is 0 Å². The van der Waals surface area contributed by atoms with Gasteiger partial charge in [-0.3, -0.25) is 4.79 Å². The van der Waals surface area contributed by atoms with Crippen LogP contribution in [0.3, 0.4) is 0 Å². The van der Waals surface area contributed by atoms with Crippen LogP contribution in [-0.2, 0) is 19.3 Å². The Balaban J connectivity index is 1.45. The molecule has 0 fully saturated rings. The standard InChI is InChI=1S/C46H46O10/c1-22(2)8-12-26-35(47)17-16-30-42(26)54-21-34-31-19-33(39(50)28(13-9-23(3)4)43(31)55-45(30)34)41(52)38-32-20-37(49)40(51)29(14-10-24(5)6)44(32)56-46(38)27-15-11-25(53-7)18-36(27)48/h8-11,15-20,34,45,47-51H,12-14,21H2,1-7H3/t34-,45-/m0/s1. The van der Waals surface area contributed by atoms with E-state index in [1.54, 1.807) is 30.3 Å². The number of phenolic OH excluding ortho intramolecular Hbond substituents is 5. The van der Waals surface area contributed by atoms with E-state index >= 15 is 4.79 Å². The zero-order valence-electron chi connectivity index (χ0n) is 32.5. The van der Waals surface area contributed by atoms with Gasteiger partial charge in [-0.15, -0.1) is 0 Å². The number of rotatable bonds is 10. The van der Waals surface area contributed by atoms with E-state index in [2.05, 4.69) is 0 Å². The van der Waals surface area contributed by atoms with Crippen molar-refractivity contribution in [2.45, 2.75) is 72.8 Å². The molecule has 10 heteroatoms. The summed E-state index contributed by atoms with van der Waals surface area (Å²) < 4.78 is 24.8. The van der Waals surface area contributed by atoms with Crippen molar-refractivity contribution < 1.29 is 49.0 Å². The molecule has 4 aromatic carbocycles. The number of hydrogen-bond donors (Lipinski definition) is 5. The number of methoxy groups -OCH3 is 1. The first-order valence-electron chi connectivity index (χ1n) is 18.5. The van der Waals surface area contributed by atoms with Gasteiger partial charge in [-0.05, 0) is 97.2 Å². The van der Waals surface area contributed by atoms with Gasteiger partial charge in [0.15, 0.2) is 11.5 Å². The number of benzene rings is 4. The fourth-order valence-corrected chi connectivity index (χ4v) is 7.50. The second-order valence-electron chi connectivity index (χ2n) is 15.2. The topological polar surface area (TPSA) is 159 Å². The van der Waals surface area contributed by atoms with Crippen LogP contribution in [0.1, 0.15) is 97.3 Å². The van der Waals surface area contributed by atoms with E-state index in [1.807, 2.05) is 59.8 Å². The summed E-state index contributed by atoms with van der Waals surface area (Å²) in [6.07, 6.45) is 6.21. The molecule has 0 bridgehead atoms. The summed E-state index contributed by atoms with van der Waals surface area (Å²) in [5.74, 6) is -0.873. The average molecular weight is 759 g/mol. The van der Waals surface area contributed by atoms with Crippen molar-refractivity contribution >= 4 is 16.8 Å². The van der Waals surface area contributed by atoms with Crippen molar-refractivity contribution in [2.75, 3.05) is 13.7 Å². The molecule has 0 aliphatic carbocycles. The Morgan fingerprint density at radius 2 is 1.39 bits per heavy atom. The van der Waals surface area contributed by atoms with Gasteiger partial charge in [0.1, 0.15) is 51.9 Å². The van der Waals surface area contributed by atoms with Gasteiger partial charge in [0.05, 0.1) is 36.3 Å². The summed E-state index contributed by atoms with van der Waals surface area (Å²) >= 11 is 0. The number of carbonyl (C=O) groups is 1. The maximum Gasteiger partial charge on any atom is 0.201 e. The molecule has 3 heterocycles. The van der Waals surface area contributed by atoms with Crippen LogP contribution >= 0.6 is 0 Å². The van der Waals surface area contributed by atoms with Gasteiger partial charge >= 0.3 is 0 Å². The van der Waals surface area contributed by atoms with Crippen molar-refractivity contribution in [2.24, 2.45) is 0 Å². The minimum Gasteiger partial charge on any atom is -0.508 e. The Morgan fingerprint density at radius 1 is 0.732 bits per heavy atom. The number of hydrogen-bond acceptors (Lipinski definition) is 10. The van der Waals surface area contributed by atoms with Crippen LogP contribution in [0.15, 0.2) is 81.8 Å². The number of fused-ring (bicyclic) bond motifs is 6. The SMILES string of the molecule is COc1ccc(-c2oc3c(CC=C(C)C)c(O)c(O)cc3c2C(=O)c2cc3c(c(CC=C(C)C)c2O)O[C@H]2c4ccc(O)c(CC=C(C)C)c4OC[C@@H]32)c(O)c1. The molecule has 0 spiro atoms. The van der Waals surface area contributed by atoms with Gasteiger partial charge in [0, 0.05) is 39.3 Å². The Hall–Kier alpha value is -6.29. The van der Waals surface area contributed by atoms with Gasteiger partial charge in [-0.2, -0.15) is 0 Å². The van der Waals surface area contributed by atoms with E-state index < -0.39 is 23.4 Å². The first-order valence-corrected chi connectivity index (χ1v) is 18.5. The number of furan rings is 1. The molecule has 2 aliphatic rings. The Bertz CT molecular complexity index is 2500. The Labute approximate surface area is 325 Å². The highest BCUT2D eigenvalue weighted by molar-refractivity contribution is 6.21. The van der Waals surface area contributed by atoms with Crippen molar-refractivity contribution in [3.05, 3.63) is 116 Å². The van der Waals surface area contributed by atoms with Crippen LogP contribution in [0, 0.1) is 0 Å². The summed E-state index contributed by atoms with van der Waals surface area (Å²) in [5.41, 5.74) is 6.04. The van der Waals surface area contributed by atoms with Crippen molar-refractivity contribution in [3.8, 4) is 57.3 Å². The molecule has 0 amide bonds. The maximum atomic E-state index is 15.2. The predicted octanol–water partition coefficient (Wildman–Crippen LogP) is 10.0. The number of phenols is 5. The molecule has 7 rings (SSSR count). The summed E-state index contributed by atoms with van der Waals surface area (Å²) in [7, 11) is 1.47. The minimum atomic E-state index is -0.638. The fourth-order valence-electron chi connectivity index (χ4n) is 7.50. The second kappa shape index (κ2) is 14.7. The first-order chi connectivity index (χ1) is 26.7. The molecule has 2 atom stereocenters. The number of carbonyl (C=O) groups excluding carboxylic acids is 1. The molecule has 56 heavy (non-hydrogen) atoms. The van der Waals surface area contributed by atoms with Crippen LogP contribution in [0.2, 0.25) is 0 Å². The quantitative estimate of drug-likeness (QED) is 0.0527. The second-order valence-corrected chi connectivity index (χ2v) is 15.2. The Kier molecular flexibility index (Phi) is 10.0. The summed E-state index contributed by atoms with van der Waals surface area (Å²) in [6.45, 7) is 11.9. The van der Waals surface area contributed by atoms with E-state index in [9.17, 15) is 25.5 Å². The van der Waals surface area contributed by atoms with E-state index in [1.165, 1.54) is 19.2 Å². The normalized spacial score (nSPS) is 15.2. The van der Waals surface area contributed by atoms with Gasteiger partial charge in [0.25, 0.3) is 0 Å². The third-order valence-corrected chi connectivity index (χ3v) is 10.5. The number of aromatic hydroxyl groups is 5. The molecule has 290 valence electrons. The summed E-state index contributed by atoms with van der Waals surface area (Å²) in [5, 5.41) is 56.4. The average Bonchev–Trinajstić information content (AvgIpc) is 3.71. The number of ether oxygens (including phenoxy) is 3. The zero-order chi connectivity index (χ0) is 40.2. The number of ketones is 1. The smallest absolute Gasteiger partial charge is 0.201 e. The molecule has 10 nitrogen and oxygen atoms in total. The molecule has 5 N–H and O–H groups in total. The largest absolute Gasteiger partial charge is 0.508 e. The van der Waals surface area contributed by atoms with Gasteiger partial charge < -0.3 is 44.2 Å². The van der Waals surface area contributed by atoms with Crippen LogP contribution < -0.4 is 14.2 Å². The van der Waals surface area contributed by atoms with E-state index in [4.69, 9.17) is 18.6 Å². The third-order valence-electron chi connectivity index (χ3n) is 10.5. The van der Waals surface area contributed by atoms with E-state index in [0.29, 0.717) is 40.4 Å². The fraction of sp³-hybridized carbons (Fsp3) is 0.283. The molecule has 2 aliphatic heterocycles. The predicted molar refractivity (Wildman–Crippen MR) is 214 cm³/mol. The molecule has 0 unspecified atom stereocenters. The van der Waals surface area contributed by atoms with Crippen molar-refractivity contribution in [1.82, 2.24) is 0 Å². The minimum absolute atomic E-state index is 0.0212. The van der Waals surface area contributed by atoms with Crippen LogP contribution in [0.5, 0.6) is 46.0 Å². The maximum absolute atomic E-state index is 15.2. The zero-order valence-corrected chi connectivity index (χ0v) is 32.5. The lowest BCUT2D eigenvalue weighted by Crippen LogP contribution is -2.24. The highest BCUT2D eigenvalue weighted by Crippen LogP contribution is 2.56. The molecule has 0 saturated carbocycles. The van der Waals surface area contributed by atoms with Crippen LogP contribution in [0.25, 0.3) is 22.3 Å². The molecule has 0 radical (unpaired) electrons. The molecular formula is C46H46O10. The lowest BCUT2D eigenvalue weighted by atomic mass is 9.84. The van der Waals surface area contributed by atoms with Crippen LogP contribution in [-0.4, -0.2) is 45.0 Å². The lowest BCUT2D eigenvalue weighted by molar-refractivity contribution is 0.103. The van der Waals surface area contributed by atoms with E-state index in [0.717, 1.165) is 22.3 Å². The van der Waals surface area contributed by atoms with Crippen molar-refractivity contribution in [3.63, 3.8) is 0 Å². The molecule has 1 aromatic heterocycles. The van der Waals surface area contributed by atoms with Gasteiger partial charge in [-0.25, -0.2) is 0 Å². The van der Waals surface area contributed by atoms with Gasteiger partial charge in [-0.1, -0.05) is 34.9 Å². The molecular weight excluding hydrogens is 712 g/mol. The molecule has 0 saturated heterocycles. The van der Waals surface area contributed by atoms with Gasteiger partial charge in [0.2, 0.25) is 5.78 Å². The number of allylic oxidation sites excluding steroid dienone is 6. The highest BCUT2D eigenvalue weighted by Gasteiger charge is 2.44. The monoisotopic (exact) mass is 758 g/mol. The lowest BCUT2D eigenvalue weighted by Gasteiger charge is -2.29. The summed E-state index contributed by atoms with van der Waals surface area (Å²) in [4.78, 5) is 15.2. The summed E-state index contributed by atoms with van der Waals surface area (Å²) in [6, 6.07) is 10.9. The Morgan fingerprint density at radius 3 is 2.04 bits per heavy atom. The first kappa shape index (κ1) is 38.0. The van der Waals surface area contributed by atoms with E-state index in [-0.39, 0.29) is 81.6 Å². The molecule has 5 aromatic rings. The van der Waals surface area contributed by atoms with Crippen LogP contribution in [0.4, 0.5) is 0 Å². The third kappa shape index (κ3) is 6.59. The highest BCUT2D eigenvalue weighted by atomic mass is 16.5.